The van der Waals surface area contributed by atoms with Crippen LogP contribution in [0.4, 0.5) is 0 Å². The van der Waals surface area contributed by atoms with Gasteiger partial charge in [0.15, 0.2) is 0 Å². The van der Waals surface area contributed by atoms with Gasteiger partial charge in [0.2, 0.25) is 0 Å². The Morgan fingerprint density at radius 2 is 2.00 bits per heavy atom. The first-order chi connectivity index (χ1) is 8.14. The molecule has 17 heavy (non-hydrogen) atoms. The average Bonchev–Trinajstić information content (AvgIpc) is 3.03. The summed E-state index contributed by atoms with van der Waals surface area (Å²) in [4.78, 5) is 16.6. The Balaban J connectivity index is 2.03. The molecule has 5 heteroatoms. The number of nitrogens with one attached hydrogen (secondary N) is 2. The van der Waals surface area contributed by atoms with Crippen molar-refractivity contribution in [1.29, 1.82) is 0 Å². The van der Waals surface area contributed by atoms with Crippen LogP contribution < -0.4 is 17.2 Å². The number of fused-ring (bicyclic) bond motifs is 1. The van der Waals surface area contributed by atoms with Gasteiger partial charge in [0.05, 0.1) is 11.0 Å². The molecule has 1 unspecified atom stereocenters. The van der Waals surface area contributed by atoms with Gasteiger partial charge in [0.1, 0.15) is 0 Å². The lowest BCUT2D eigenvalue weighted by atomic mass is 9.91. The molecule has 90 valence electrons. The molecule has 1 aromatic heterocycles. The van der Waals surface area contributed by atoms with Crippen LogP contribution in [0.25, 0.3) is 11.0 Å². The number of aromatic nitrogens is 2. The highest BCUT2D eigenvalue weighted by Crippen LogP contribution is 2.52. The topological polar surface area (TPSA) is 101 Å². The first-order valence-electron chi connectivity index (χ1n) is 5.82. The fraction of sp³-hybridized carbons (Fsp3) is 0.417. The van der Waals surface area contributed by atoms with Crippen molar-refractivity contribution in [3.8, 4) is 0 Å². The molecule has 1 aliphatic rings. The second-order valence-corrected chi connectivity index (χ2v) is 4.93. The molecule has 5 nitrogen and oxygen atoms in total. The smallest absolute Gasteiger partial charge is 0.323 e. The fourth-order valence-electron chi connectivity index (χ4n) is 2.40. The maximum Gasteiger partial charge on any atom is 0.323 e. The summed E-state index contributed by atoms with van der Waals surface area (Å²) in [5, 5.41) is 0. The van der Waals surface area contributed by atoms with Gasteiger partial charge in [0.25, 0.3) is 0 Å². The highest BCUT2D eigenvalue weighted by molar-refractivity contribution is 5.75. The van der Waals surface area contributed by atoms with Crippen LogP contribution in [0.2, 0.25) is 0 Å². The summed E-state index contributed by atoms with van der Waals surface area (Å²) in [7, 11) is 0. The van der Waals surface area contributed by atoms with Crippen LogP contribution in [-0.2, 0) is 0 Å². The Bertz CT molecular complexity index is 608. The van der Waals surface area contributed by atoms with Crippen molar-refractivity contribution < 1.29 is 0 Å². The van der Waals surface area contributed by atoms with E-state index in [-0.39, 0.29) is 17.1 Å². The molecular formula is C12H16N4O. The van der Waals surface area contributed by atoms with Gasteiger partial charge in [-0.1, -0.05) is 6.07 Å². The zero-order chi connectivity index (χ0) is 12.0. The van der Waals surface area contributed by atoms with E-state index in [4.69, 9.17) is 11.5 Å². The lowest BCUT2D eigenvalue weighted by Gasteiger charge is -2.21. The van der Waals surface area contributed by atoms with E-state index in [0.29, 0.717) is 6.54 Å². The number of hydrogen-bond acceptors (Lipinski definition) is 3. The summed E-state index contributed by atoms with van der Waals surface area (Å²) < 4.78 is 0. The molecule has 0 saturated heterocycles. The minimum atomic E-state index is -0.189. The molecule has 0 spiro atoms. The molecule has 1 aromatic carbocycles. The molecular weight excluding hydrogens is 216 g/mol. The van der Waals surface area contributed by atoms with Gasteiger partial charge in [-0.15, -0.1) is 0 Å². The van der Waals surface area contributed by atoms with Crippen molar-refractivity contribution in [2.45, 2.75) is 18.9 Å². The largest absolute Gasteiger partial charge is 0.330 e. The molecule has 0 aliphatic heterocycles. The highest BCUT2D eigenvalue weighted by atomic mass is 16.1. The van der Waals surface area contributed by atoms with Gasteiger partial charge < -0.3 is 21.4 Å². The number of nitrogens with two attached hydrogens (primary N) is 2. The number of aromatic amines is 2. The molecule has 1 saturated carbocycles. The van der Waals surface area contributed by atoms with Gasteiger partial charge in [-0.25, -0.2) is 4.79 Å². The highest BCUT2D eigenvalue weighted by Gasteiger charge is 2.47. The third-order valence-electron chi connectivity index (χ3n) is 3.86. The zero-order valence-electron chi connectivity index (χ0n) is 9.49. The lowest BCUT2D eigenvalue weighted by Crippen LogP contribution is -2.29. The average molecular weight is 232 g/mol. The maximum atomic E-state index is 11.2. The van der Waals surface area contributed by atoms with Gasteiger partial charge in [-0.3, -0.25) is 0 Å². The summed E-state index contributed by atoms with van der Waals surface area (Å²) in [5.41, 5.74) is 14.6. The summed E-state index contributed by atoms with van der Waals surface area (Å²) >= 11 is 0. The van der Waals surface area contributed by atoms with E-state index in [9.17, 15) is 4.79 Å². The Hall–Kier alpha value is -1.59. The number of benzene rings is 1. The van der Waals surface area contributed by atoms with Crippen molar-refractivity contribution in [2.24, 2.45) is 16.9 Å². The summed E-state index contributed by atoms with van der Waals surface area (Å²) in [6.45, 7) is 0.621. The number of imidazole rings is 1. The second kappa shape index (κ2) is 3.45. The first kappa shape index (κ1) is 10.6. The van der Waals surface area contributed by atoms with Crippen LogP contribution >= 0.6 is 0 Å². The van der Waals surface area contributed by atoms with Crippen LogP contribution in [0.3, 0.4) is 0 Å². The second-order valence-electron chi connectivity index (χ2n) is 4.93. The van der Waals surface area contributed by atoms with Gasteiger partial charge in [-0.2, -0.15) is 0 Å². The van der Waals surface area contributed by atoms with E-state index in [1.165, 1.54) is 0 Å². The first-order valence-corrected chi connectivity index (χ1v) is 5.82. The molecule has 1 aliphatic carbocycles. The molecule has 0 bridgehead atoms. The molecule has 0 radical (unpaired) electrons. The van der Waals surface area contributed by atoms with E-state index in [2.05, 4.69) is 9.97 Å². The number of H-pyrrole nitrogens is 2. The van der Waals surface area contributed by atoms with E-state index in [1.807, 2.05) is 18.2 Å². The minimum Gasteiger partial charge on any atom is -0.330 e. The standard InChI is InChI=1S/C12H16N4O/c13-6-12(3-4-12)10(14)7-1-2-8-9(5-7)16-11(17)15-8/h1-2,5,10H,3-4,6,13-14H2,(H2,15,16,17). The minimum absolute atomic E-state index is 0.0460. The van der Waals surface area contributed by atoms with Gasteiger partial charge in [0, 0.05) is 11.5 Å². The number of rotatable bonds is 3. The molecule has 3 rings (SSSR count). The predicted octanol–water partition coefficient (Wildman–Crippen LogP) is 0.595. The van der Waals surface area contributed by atoms with Crippen LogP contribution in [0.15, 0.2) is 23.0 Å². The summed E-state index contributed by atoms with van der Waals surface area (Å²) in [6, 6.07) is 5.74. The summed E-state index contributed by atoms with van der Waals surface area (Å²) in [5.74, 6) is 0. The van der Waals surface area contributed by atoms with E-state index in [1.54, 1.807) is 0 Å². The van der Waals surface area contributed by atoms with Crippen molar-refractivity contribution in [3.63, 3.8) is 0 Å². The molecule has 2 aromatic rings. The van der Waals surface area contributed by atoms with Crippen molar-refractivity contribution in [1.82, 2.24) is 9.97 Å². The Labute approximate surface area is 98.2 Å². The Morgan fingerprint density at radius 3 is 2.65 bits per heavy atom. The SMILES string of the molecule is NCC1(C(N)c2ccc3[nH]c(=O)[nH]c3c2)CC1. The van der Waals surface area contributed by atoms with Crippen LogP contribution in [0.1, 0.15) is 24.4 Å². The predicted molar refractivity (Wildman–Crippen MR) is 66.6 cm³/mol. The van der Waals surface area contributed by atoms with Crippen LogP contribution in [-0.4, -0.2) is 16.5 Å². The van der Waals surface area contributed by atoms with Crippen molar-refractivity contribution >= 4 is 11.0 Å². The molecule has 1 fully saturated rings. The Morgan fingerprint density at radius 1 is 1.29 bits per heavy atom. The van der Waals surface area contributed by atoms with Crippen molar-refractivity contribution in [3.05, 3.63) is 34.2 Å². The monoisotopic (exact) mass is 232 g/mol. The third-order valence-corrected chi connectivity index (χ3v) is 3.86. The lowest BCUT2D eigenvalue weighted by molar-refractivity contribution is 0.419. The molecule has 1 atom stereocenters. The third kappa shape index (κ3) is 1.59. The van der Waals surface area contributed by atoms with Crippen LogP contribution in [0.5, 0.6) is 0 Å². The summed E-state index contributed by atoms with van der Waals surface area (Å²) in [6.07, 6.45) is 2.18. The van der Waals surface area contributed by atoms with Gasteiger partial charge in [-0.05, 0) is 37.1 Å². The normalized spacial score (nSPS) is 19.4. The van der Waals surface area contributed by atoms with Crippen molar-refractivity contribution in [2.75, 3.05) is 6.54 Å². The maximum absolute atomic E-state index is 11.2. The zero-order valence-corrected chi connectivity index (χ0v) is 9.49. The van der Waals surface area contributed by atoms with E-state index in [0.717, 1.165) is 29.4 Å². The van der Waals surface area contributed by atoms with E-state index >= 15 is 0 Å². The van der Waals surface area contributed by atoms with Crippen LogP contribution in [0, 0.1) is 5.41 Å². The van der Waals surface area contributed by atoms with Gasteiger partial charge >= 0.3 is 5.69 Å². The van der Waals surface area contributed by atoms with E-state index < -0.39 is 0 Å². The number of hydrogen-bond donors (Lipinski definition) is 4. The fourth-order valence-corrected chi connectivity index (χ4v) is 2.40. The molecule has 1 heterocycles. The molecule has 0 amide bonds. The quantitative estimate of drug-likeness (QED) is 0.623. The Kier molecular flexibility index (Phi) is 2.14. The molecule has 6 N–H and O–H groups in total.